The molecule has 5 nitrogen and oxygen atoms in total. The standard InChI is InChI=1S/C16H15N3O2S/c1-3-21-16(20)11(2)22-15-12(10-17)7-8-14(19-15)13-6-4-5-9-18-13/h4-9,11H,3H2,1-2H3. The molecule has 1 atom stereocenters. The summed E-state index contributed by atoms with van der Waals surface area (Å²) >= 11 is 1.22. The Bertz CT molecular complexity index is 698. The third-order valence-corrected chi connectivity index (χ3v) is 3.90. The number of pyridine rings is 2. The van der Waals surface area contributed by atoms with E-state index in [4.69, 9.17) is 4.74 Å². The van der Waals surface area contributed by atoms with Crippen molar-refractivity contribution < 1.29 is 9.53 Å². The van der Waals surface area contributed by atoms with Crippen LogP contribution in [0.5, 0.6) is 0 Å². The fourth-order valence-electron chi connectivity index (χ4n) is 1.75. The first-order chi connectivity index (χ1) is 10.7. The number of carbonyl (C=O) groups excluding carboxylic acids is 1. The van der Waals surface area contributed by atoms with Gasteiger partial charge in [-0.2, -0.15) is 5.26 Å². The van der Waals surface area contributed by atoms with E-state index in [2.05, 4.69) is 16.0 Å². The number of nitriles is 1. The van der Waals surface area contributed by atoms with Crippen molar-refractivity contribution >= 4 is 17.7 Å². The fourth-order valence-corrected chi connectivity index (χ4v) is 2.64. The number of nitrogens with zero attached hydrogens (tertiary/aromatic N) is 3. The molecule has 0 bridgehead atoms. The smallest absolute Gasteiger partial charge is 0.319 e. The van der Waals surface area contributed by atoms with Crippen LogP contribution in [0.25, 0.3) is 11.4 Å². The van der Waals surface area contributed by atoms with Crippen LogP contribution in [0, 0.1) is 11.3 Å². The van der Waals surface area contributed by atoms with Crippen LogP contribution in [0.2, 0.25) is 0 Å². The molecular formula is C16H15N3O2S. The molecule has 2 rings (SSSR count). The predicted molar refractivity (Wildman–Crippen MR) is 84.1 cm³/mol. The molecule has 0 saturated carbocycles. The molecule has 112 valence electrons. The lowest BCUT2D eigenvalue weighted by Crippen LogP contribution is -2.17. The summed E-state index contributed by atoms with van der Waals surface area (Å²) in [7, 11) is 0. The van der Waals surface area contributed by atoms with E-state index < -0.39 is 5.25 Å². The Morgan fingerprint density at radius 3 is 2.82 bits per heavy atom. The summed E-state index contributed by atoms with van der Waals surface area (Å²) in [6, 6.07) is 11.1. The highest BCUT2D eigenvalue weighted by molar-refractivity contribution is 8.00. The molecule has 2 aromatic heterocycles. The van der Waals surface area contributed by atoms with Crippen LogP contribution in [0.15, 0.2) is 41.6 Å². The van der Waals surface area contributed by atoms with Gasteiger partial charge in [0.1, 0.15) is 16.3 Å². The van der Waals surface area contributed by atoms with E-state index in [-0.39, 0.29) is 5.97 Å². The molecule has 0 amide bonds. The van der Waals surface area contributed by atoms with Gasteiger partial charge in [0.15, 0.2) is 0 Å². The number of hydrogen-bond donors (Lipinski definition) is 0. The molecule has 2 heterocycles. The van der Waals surface area contributed by atoms with Crippen LogP contribution >= 0.6 is 11.8 Å². The van der Waals surface area contributed by atoms with Gasteiger partial charge in [0.05, 0.1) is 23.6 Å². The van der Waals surface area contributed by atoms with Crippen LogP contribution in [-0.4, -0.2) is 27.8 Å². The zero-order valence-corrected chi connectivity index (χ0v) is 13.1. The van der Waals surface area contributed by atoms with Crippen molar-refractivity contribution in [2.24, 2.45) is 0 Å². The number of aromatic nitrogens is 2. The van der Waals surface area contributed by atoms with Crippen molar-refractivity contribution in [3.05, 3.63) is 42.1 Å². The van der Waals surface area contributed by atoms with Crippen molar-refractivity contribution in [1.82, 2.24) is 9.97 Å². The van der Waals surface area contributed by atoms with Gasteiger partial charge < -0.3 is 4.74 Å². The van der Waals surface area contributed by atoms with Gasteiger partial charge in [0.25, 0.3) is 0 Å². The van der Waals surface area contributed by atoms with Crippen LogP contribution in [0.1, 0.15) is 19.4 Å². The Hall–Kier alpha value is -2.39. The summed E-state index contributed by atoms with van der Waals surface area (Å²) in [5.41, 5.74) is 1.82. The van der Waals surface area contributed by atoms with E-state index in [0.29, 0.717) is 22.9 Å². The quantitative estimate of drug-likeness (QED) is 0.624. The first-order valence-corrected chi connectivity index (χ1v) is 7.69. The minimum absolute atomic E-state index is 0.318. The normalized spacial score (nSPS) is 11.5. The zero-order valence-electron chi connectivity index (χ0n) is 12.3. The second-order valence-corrected chi connectivity index (χ2v) is 5.72. The van der Waals surface area contributed by atoms with E-state index in [9.17, 15) is 10.1 Å². The first-order valence-electron chi connectivity index (χ1n) is 6.81. The number of ether oxygens (including phenoxy) is 1. The largest absolute Gasteiger partial charge is 0.465 e. The highest BCUT2D eigenvalue weighted by atomic mass is 32.2. The topological polar surface area (TPSA) is 75.9 Å². The number of hydrogen-bond acceptors (Lipinski definition) is 6. The van der Waals surface area contributed by atoms with Crippen molar-refractivity contribution in [2.45, 2.75) is 24.1 Å². The Morgan fingerprint density at radius 1 is 1.36 bits per heavy atom. The average Bonchev–Trinajstić information content (AvgIpc) is 2.55. The predicted octanol–water partition coefficient (Wildman–Crippen LogP) is 3.06. The SMILES string of the molecule is CCOC(=O)C(C)Sc1nc(-c2ccccn2)ccc1C#N. The molecule has 6 heteroatoms. The molecule has 0 aliphatic rings. The van der Waals surface area contributed by atoms with Crippen LogP contribution in [0.3, 0.4) is 0 Å². The minimum atomic E-state index is -0.432. The number of esters is 1. The summed E-state index contributed by atoms with van der Waals surface area (Å²) in [5.74, 6) is -0.318. The van der Waals surface area contributed by atoms with Crippen molar-refractivity contribution in [3.63, 3.8) is 0 Å². The van der Waals surface area contributed by atoms with E-state index in [1.807, 2.05) is 18.2 Å². The Morgan fingerprint density at radius 2 is 2.18 bits per heavy atom. The van der Waals surface area contributed by atoms with Gasteiger partial charge in [-0.25, -0.2) is 4.98 Å². The van der Waals surface area contributed by atoms with Crippen LogP contribution in [-0.2, 0) is 9.53 Å². The number of carbonyl (C=O) groups is 1. The molecule has 0 saturated heterocycles. The van der Waals surface area contributed by atoms with E-state index >= 15 is 0 Å². The third-order valence-electron chi connectivity index (χ3n) is 2.81. The average molecular weight is 313 g/mol. The third kappa shape index (κ3) is 3.83. The number of rotatable bonds is 5. The second-order valence-electron chi connectivity index (χ2n) is 4.39. The van der Waals surface area contributed by atoms with Gasteiger partial charge in [0, 0.05) is 6.20 Å². The van der Waals surface area contributed by atoms with Crippen LogP contribution < -0.4 is 0 Å². The molecular weight excluding hydrogens is 298 g/mol. The Labute approximate surface area is 133 Å². The van der Waals surface area contributed by atoms with Gasteiger partial charge in [-0.05, 0) is 38.1 Å². The number of thioether (sulfide) groups is 1. The zero-order chi connectivity index (χ0) is 15.9. The van der Waals surface area contributed by atoms with E-state index in [1.54, 1.807) is 32.2 Å². The molecule has 0 aliphatic heterocycles. The minimum Gasteiger partial charge on any atom is -0.465 e. The second kappa shape index (κ2) is 7.57. The summed E-state index contributed by atoms with van der Waals surface area (Å²) in [5, 5.41) is 9.27. The summed E-state index contributed by atoms with van der Waals surface area (Å²) in [6.07, 6.45) is 1.68. The van der Waals surface area contributed by atoms with Gasteiger partial charge in [0.2, 0.25) is 0 Å². The fraction of sp³-hybridized carbons (Fsp3) is 0.250. The molecule has 0 aliphatic carbocycles. The lowest BCUT2D eigenvalue weighted by Gasteiger charge is -2.11. The summed E-state index contributed by atoms with van der Waals surface area (Å²) in [4.78, 5) is 20.4. The molecule has 0 N–H and O–H groups in total. The highest BCUT2D eigenvalue weighted by Gasteiger charge is 2.19. The molecule has 22 heavy (non-hydrogen) atoms. The van der Waals surface area contributed by atoms with Crippen molar-refractivity contribution in [1.29, 1.82) is 5.26 Å². The van der Waals surface area contributed by atoms with E-state index in [0.717, 1.165) is 5.69 Å². The maximum Gasteiger partial charge on any atom is 0.319 e. The molecule has 0 aromatic carbocycles. The summed E-state index contributed by atoms with van der Waals surface area (Å²) in [6.45, 7) is 3.82. The van der Waals surface area contributed by atoms with Crippen molar-refractivity contribution in [2.75, 3.05) is 6.61 Å². The van der Waals surface area contributed by atoms with Gasteiger partial charge >= 0.3 is 5.97 Å². The lowest BCUT2D eigenvalue weighted by atomic mass is 10.2. The van der Waals surface area contributed by atoms with E-state index in [1.165, 1.54) is 11.8 Å². The highest BCUT2D eigenvalue weighted by Crippen LogP contribution is 2.28. The summed E-state index contributed by atoms with van der Waals surface area (Å²) < 4.78 is 4.98. The Balaban J connectivity index is 2.30. The molecule has 1 unspecified atom stereocenters. The first kappa shape index (κ1) is 16.0. The van der Waals surface area contributed by atoms with Gasteiger partial charge in [-0.15, -0.1) is 0 Å². The molecule has 0 radical (unpaired) electrons. The van der Waals surface area contributed by atoms with Gasteiger partial charge in [-0.1, -0.05) is 17.8 Å². The maximum atomic E-state index is 11.7. The van der Waals surface area contributed by atoms with Gasteiger partial charge in [-0.3, -0.25) is 9.78 Å². The maximum absolute atomic E-state index is 11.7. The Kier molecular flexibility index (Phi) is 5.50. The van der Waals surface area contributed by atoms with Crippen molar-refractivity contribution in [3.8, 4) is 17.5 Å². The van der Waals surface area contributed by atoms with Crippen LogP contribution in [0.4, 0.5) is 0 Å². The monoisotopic (exact) mass is 313 g/mol. The molecule has 0 spiro atoms. The molecule has 0 fully saturated rings. The molecule has 2 aromatic rings. The lowest BCUT2D eigenvalue weighted by molar-refractivity contribution is -0.142.